The molecule has 0 saturated heterocycles. The molecule has 0 aliphatic rings. The molecule has 0 saturated carbocycles. The van der Waals surface area contributed by atoms with Crippen LogP contribution in [0.5, 0.6) is 10.8 Å². The van der Waals surface area contributed by atoms with Crippen LogP contribution in [0.25, 0.3) is 0 Å². The number of benzene rings is 1. The first-order chi connectivity index (χ1) is 7.55. The molecule has 2 rings (SSSR count). The van der Waals surface area contributed by atoms with Crippen molar-refractivity contribution in [2.24, 2.45) is 0 Å². The fraction of sp³-hybridized carbons (Fsp3) is 0.0909. The van der Waals surface area contributed by atoms with Crippen LogP contribution in [0.1, 0.15) is 5.56 Å². The molecule has 2 aromatic rings. The minimum atomic E-state index is -4.34. The summed E-state index contributed by atoms with van der Waals surface area (Å²) >= 11 is 1.33. The fourth-order valence-corrected chi connectivity index (χ4v) is 1.77. The van der Waals surface area contributed by atoms with Gasteiger partial charge in [0.05, 0.1) is 5.56 Å². The van der Waals surface area contributed by atoms with Gasteiger partial charge in [-0.05, 0) is 35.7 Å². The van der Waals surface area contributed by atoms with Crippen LogP contribution in [-0.2, 0) is 6.18 Å². The summed E-state index contributed by atoms with van der Waals surface area (Å²) in [4.78, 5) is 0. The molecule has 0 bridgehead atoms. The van der Waals surface area contributed by atoms with E-state index in [-0.39, 0.29) is 5.75 Å². The van der Waals surface area contributed by atoms with Gasteiger partial charge in [-0.2, -0.15) is 13.2 Å². The Morgan fingerprint density at radius 1 is 1.06 bits per heavy atom. The largest absolute Gasteiger partial charge is 0.447 e. The minimum Gasteiger partial charge on any atom is -0.447 e. The zero-order valence-corrected chi connectivity index (χ0v) is 8.81. The molecule has 1 nitrogen and oxygen atoms in total. The first-order valence-corrected chi connectivity index (χ1v) is 5.32. The second-order valence-electron chi connectivity index (χ2n) is 3.06. The van der Waals surface area contributed by atoms with E-state index in [0.29, 0.717) is 5.06 Å². The van der Waals surface area contributed by atoms with Gasteiger partial charge in [-0.15, -0.1) is 11.3 Å². The van der Waals surface area contributed by atoms with Crippen molar-refractivity contribution in [1.82, 2.24) is 0 Å². The van der Waals surface area contributed by atoms with Gasteiger partial charge >= 0.3 is 6.18 Å². The maximum Gasteiger partial charge on any atom is 0.416 e. The van der Waals surface area contributed by atoms with Crippen molar-refractivity contribution in [3.8, 4) is 10.8 Å². The first kappa shape index (κ1) is 11.0. The fourth-order valence-electron chi connectivity index (χ4n) is 1.17. The molecule has 0 radical (unpaired) electrons. The van der Waals surface area contributed by atoms with E-state index in [1.54, 1.807) is 17.5 Å². The molecule has 1 aromatic carbocycles. The van der Waals surface area contributed by atoms with Crippen molar-refractivity contribution in [2.75, 3.05) is 0 Å². The Hall–Kier alpha value is -1.49. The molecule has 84 valence electrons. The van der Waals surface area contributed by atoms with E-state index in [1.807, 2.05) is 0 Å². The minimum absolute atomic E-state index is 0.192. The molecule has 0 N–H and O–H groups in total. The average Bonchev–Trinajstić information content (AvgIpc) is 2.70. The van der Waals surface area contributed by atoms with Crippen LogP contribution < -0.4 is 4.74 Å². The van der Waals surface area contributed by atoms with Gasteiger partial charge in [-0.3, -0.25) is 0 Å². The molecule has 0 amide bonds. The Balaban J connectivity index is 2.23. The second kappa shape index (κ2) is 4.17. The third-order valence-corrected chi connectivity index (χ3v) is 2.62. The second-order valence-corrected chi connectivity index (χ2v) is 3.97. The molecule has 0 aliphatic heterocycles. The lowest BCUT2D eigenvalue weighted by Crippen LogP contribution is -2.04. The zero-order chi connectivity index (χ0) is 11.6. The lowest BCUT2D eigenvalue weighted by Gasteiger charge is -2.08. The summed E-state index contributed by atoms with van der Waals surface area (Å²) in [6.45, 7) is 0. The molecule has 1 aromatic heterocycles. The summed E-state index contributed by atoms with van der Waals surface area (Å²) < 4.78 is 42.5. The van der Waals surface area contributed by atoms with Crippen LogP contribution in [0.4, 0.5) is 13.2 Å². The third kappa shape index (κ3) is 2.55. The quantitative estimate of drug-likeness (QED) is 0.752. The summed E-state index contributed by atoms with van der Waals surface area (Å²) in [7, 11) is 0. The predicted molar refractivity (Wildman–Crippen MR) is 55.8 cm³/mol. The molecule has 5 heteroatoms. The average molecular weight is 244 g/mol. The number of rotatable bonds is 2. The Morgan fingerprint density at radius 2 is 1.88 bits per heavy atom. The molecule has 0 atom stereocenters. The van der Waals surface area contributed by atoms with Gasteiger partial charge in [0.1, 0.15) is 5.75 Å². The Kier molecular flexibility index (Phi) is 2.87. The molecular weight excluding hydrogens is 237 g/mol. The SMILES string of the molecule is FC(F)(F)c1cccc(Oc2cccs2)c1. The standard InChI is InChI=1S/C11H7F3OS/c12-11(13,14)8-3-1-4-9(7-8)15-10-5-2-6-16-10/h1-7H. The molecular formula is C11H7F3OS. The van der Waals surface area contributed by atoms with Crippen LogP contribution in [-0.4, -0.2) is 0 Å². The number of halogens is 3. The maximum absolute atomic E-state index is 12.4. The van der Waals surface area contributed by atoms with Crippen LogP contribution in [0.15, 0.2) is 41.8 Å². The summed E-state index contributed by atoms with van der Waals surface area (Å²) in [6, 6.07) is 8.29. The van der Waals surface area contributed by atoms with Crippen molar-refractivity contribution < 1.29 is 17.9 Å². The lowest BCUT2D eigenvalue weighted by molar-refractivity contribution is -0.137. The smallest absolute Gasteiger partial charge is 0.416 e. The number of alkyl halides is 3. The molecule has 16 heavy (non-hydrogen) atoms. The van der Waals surface area contributed by atoms with E-state index in [9.17, 15) is 13.2 Å². The van der Waals surface area contributed by atoms with Gasteiger partial charge < -0.3 is 4.74 Å². The zero-order valence-electron chi connectivity index (χ0n) is 7.99. The van der Waals surface area contributed by atoms with E-state index < -0.39 is 11.7 Å². The molecule has 0 aliphatic carbocycles. The maximum atomic E-state index is 12.4. The highest BCUT2D eigenvalue weighted by Crippen LogP contribution is 2.33. The third-order valence-electron chi connectivity index (χ3n) is 1.87. The predicted octanol–water partition coefficient (Wildman–Crippen LogP) is 4.56. The number of hydrogen-bond donors (Lipinski definition) is 0. The van der Waals surface area contributed by atoms with E-state index in [2.05, 4.69) is 0 Å². The number of hydrogen-bond acceptors (Lipinski definition) is 2. The van der Waals surface area contributed by atoms with Crippen molar-refractivity contribution in [3.63, 3.8) is 0 Å². The number of thiophene rings is 1. The summed E-state index contributed by atoms with van der Waals surface area (Å²) in [5, 5.41) is 2.36. The molecule has 0 spiro atoms. The Labute approximate surface area is 94.1 Å². The van der Waals surface area contributed by atoms with Crippen molar-refractivity contribution in [1.29, 1.82) is 0 Å². The number of ether oxygens (including phenoxy) is 1. The van der Waals surface area contributed by atoms with Gasteiger partial charge in [-0.1, -0.05) is 6.07 Å². The van der Waals surface area contributed by atoms with Crippen LogP contribution in [0.2, 0.25) is 0 Å². The van der Waals surface area contributed by atoms with Gasteiger partial charge in [0, 0.05) is 0 Å². The molecule has 0 fully saturated rings. The highest BCUT2D eigenvalue weighted by atomic mass is 32.1. The highest BCUT2D eigenvalue weighted by Gasteiger charge is 2.30. The van der Waals surface area contributed by atoms with Crippen LogP contribution >= 0.6 is 11.3 Å². The van der Waals surface area contributed by atoms with Crippen molar-refractivity contribution in [2.45, 2.75) is 6.18 Å². The van der Waals surface area contributed by atoms with E-state index in [4.69, 9.17) is 4.74 Å². The van der Waals surface area contributed by atoms with E-state index in [0.717, 1.165) is 12.1 Å². The highest BCUT2D eigenvalue weighted by molar-refractivity contribution is 7.11. The Bertz CT molecular complexity index is 462. The van der Waals surface area contributed by atoms with Gasteiger partial charge in [0.2, 0.25) is 0 Å². The van der Waals surface area contributed by atoms with Crippen LogP contribution in [0, 0.1) is 0 Å². The normalized spacial score (nSPS) is 11.4. The van der Waals surface area contributed by atoms with E-state index in [1.165, 1.54) is 23.5 Å². The monoisotopic (exact) mass is 244 g/mol. The van der Waals surface area contributed by atoms with Crippen LogP contribution in [0.3, 0.4) is 0 Å². The summed E-state index contributed by atoms with van der Waals surface area (Å²) in [5.41, 5.74) is -0.707. The molecule has 1 heterocycles. The Morgan fingerprint density at radius 3 is 2.50 bits per heavy atom. The van der Waals surface area contributed by atoms with Gasteiger partial charge in [0.15, 0.2) is 5.06 Å². The summed E-state index contributed by atoms with van der Waals surface area (Å²) in [6.07, 6.45) is -4.34. The van der Waals surface area contributed by atoms with Gasteiger partial charge in [-0.25, -0.2) is 0 Å². The van der Waals surface area contributed by atoms with Crippen molar-refractivity contribution in [3.05, 3.63) is 47.3 Å². The van der Waals surface area contributed by atoms with E-state index >= 15 is 0 Å². The topological polar surface area (TPSA) is 9.23 Å². The van der Waals surface area contributed by atoms with Crippen molar-refractivity contribution >= 4 is 11.3 Å². The van der Waals surface area contributed by atoms with Gasteiger partial charge in [0.25, 0.3) is 0 Å². The summed E-state index contributed by atoms with van der Waals surface area (Å²) in [5.74, 6) is 0.192. The molecule has 0 unspecified atom stereocenters. The lowest BCUT2D eigenvalue weighted by atomic mass is 10.2. The first-order valence-electron chi connectivity index (χ1n) is 4.44.